The van der Waals surface area contributed by atoms with Crippen LogP contribution in [0.2, 0.25) is 0 Å². The topological polar surface area (TPSA) is 85.3 Å². The summed E-state index contributed by atoms with van der Waals surface area (Å²) < 4.78 is 9.55. The van der Waals surface area contributed by atoms with E-state index in [9.17, 15) is 10.2 Å². The molecule has 0 saturated carbocycles. The van der Waals surface area contributed by atoms with E-state index in [4.69, 9.17) is 4.74 Å². The van der Waals surface area contributed by atoms with Crippen molar-refractivity contribution < 1.29 is 14.9 Å². The van der Waals surface area contributed by atoms with Crippen LogP contribution in [0.3, 0.4) is 0 Å². The van der Waals surface area contributed by atoms with Crippen LogP contribution in [-0.4, -0.2) is 95.8 Å². The Bertz CT molecular complexity index is 1250. The van der Waals surface area contributed by atoms with Crippen LogP contribution >= 0.6 is 12.6 Å². The standard InChI is InChI=1S/C22H24N4O3S.2Na.2H/c1-5-13-10-15(18(28)11-17(13)27)21-23-24-22(30)26(21)16-6-7-19(29-4)20-14(16)8-9-25(20)12(2)3;;;;/h6-12,27-28H,5H2,1-4H3,(H,24,30);;;;. The molecular formula is C22H26N4Na2O3S. The van der Waals surface area contributed by atoms with Crippen molar-refractivity contribution in [3.63, 3.8) is 0 Å². The van der Waals surface area contributed by atoms with Gasteiger partial charge < -0.3 is 19.5 Å². The summed E-state index contributed by atoms with van der Waals surface area (Å²) in [6.07, 6.45) is 2.64. The van der Waals surface area contributed by atoms with Crippen LogP contribution in [0.25, 0.3) is 28.0 Å². The first-order valence-corrected chi connectivity index (χ1v) is 10.2. The average molecular weight is 473 g/mol. The summed E-state index contributed by atoms with van der Waals surface area (Å²) >= 11 is 4.53. The summed E-state index contributed by atoms with van der Waals surface area (Å²) in [5.41, 5.74) is 2.97. The van der Waals surface area contributed by atoms with E-state index < -0.39 is 0 Å². The van der Waals surface area contributed by atoms with Gasteiger partial charge in [0.25, 0.3) is 0 Å². The quantitative estimate of drug-likeness (QED) is 0.306. The molecule has 0 amide bonds. The molecule has 2 aromatic carbocycles. The molecule has 0 fully saturated rings. The molecule has 0 spiro atoms. The van der Waals surface area contributed by atoms with Gasteiger partial charge in [0, 0.05) is 23.7 Å². The van der Waals surface area contributed by atoms with Crippen molar-refractivity contribution in [3.8, 4) is 34.3 Å². The third-order valence-corrected chi connectivity index (χ3v) is 5.59. The van der Waals surface area contributed by atoms with E-state index in [2.05, 4.69) is 41.2 Å². The van der Waals surface area contributed by atoms with Crippen LogP contribution in [-0.2, 0) is 6.42 Å². The molecule has 0 saturated heterocycles. The third-order valence-electron chi connectivity index (χ3n) is 5.30. The summed E-state index contributed by atoms with van der Waals surface area (Å²) in [6, 6.07) is 9.18. The molecule has 4 aromatic rings. The number of fused-ring (bicyclic) bond motifs is 1. The number of methoxy groups -OCH3 is 1. The Morgan fingerprint density at radius 1 is 1.06 bits per heavy atom. The molecule has 0 unspecified atom stereocenters. The van der Waals surface area contributed by atoms with Gasteiger partial charge in [-0.2, -0.15) is 0 Å². The maximum absolute atomic E-state index is 10.5. The first kappa shape index (κ1) is 27.1. The SMILES string of the molecule is CCc1cc(-c2nnc(S)n2-c2ccc(OC)c3c2ccn3C(C)C)c(O)cc1O.[NaH].[NaH]. The van der Waals surface area contributed by atoms with E-state index in [1.807, 2.05) is 31.3 Å². The average Bonchev–Trinajstić information content (AvgIpc) is 3.32. The normalized spacial score (nSPS) is 10.8. The number of ether oxygens (including phenoxy) is 1. The molecule has 0 aliphatic heterocycles. The summed E-state index contributed by atoms with van der Waals surface area (Å²) in [7, 11) is 1.65. The van der Waals surface area contributed by atoms with Crippen LogP contribution in [0.1, 0.15) is 32.4 Å². The van der Waals surface area contributed by atoms with Gasteiger partial charge in [-0.25, -0.2) is 0 Å². The van der Waals surface area contributed by atoms with Gasteiger partial charge in [-0.1, -0.05) is 6.92 Å². The molecule has 10 heteroatoms. The Morgan fingerprint density at radius 2 is 1.78 bits per heavy atom. The second kappa shape index (κ2) is 10.9. The van der Waals surface area contributed by atoms with Crippen LogP contribution < -0.4 is 4.74 Å². The van der Waals surface area contributed by atoms with Gasteiger partial charge in [-0.15, -0.1) is 22.8 Å². The van der Waals surface area contributed by atoms with Gasteiger partial charge in [0.2, 0.25) is 0 Å². The molecule has 0 aliphatic rings. The molecule has 0 radical (unpaired) electrons. The van der Waals surface area contributed by atoms with Gasteiger partial charge in [-0.05, 0) is 50.1 Å². The predicted octanol–water partition coefficient (Wildman–Crippen LogP) is 3.44. The zero-order valence-electron chi connectivity index (χ0n) is 17.3. The van der Waals surface area contributed by atoms with Gasteiger partial charge in [-0.3, -0.25) is 4.57 Å². The molecule has 32 heavy (non-hydrogen) atoms. The number of phenols is 2. The Labute approximate surface area is 236 Å². The Kier molecular flexibility index (Phi) is 9.21. The Morgan fingerprint density at radius 3 is 2.41 bits per heavy atom. The third kappa shape index (κ3) is 4.59. The summed E-state index contributed by atoms with van der Waals surface area (Å²) in [5, 5.41) is 30.4. The molecular weight excluding hydrogens is 446 g/mol. The first-order chi connectivity index (χ1) is 14.4. The number of nitrogens with zero attached hydrogens (tertiary/aromatic N) is 4. The number of hydrogen-bond acceptors (Lipinski definition) is 6. The first-order valence-electron chi connectivity index (χ1n) is 9.74. The minimum atomic E-state index is -0.0730. The predicted molar refractivity (Wildman–Crippen MR) is 133 cm³/mol. The van der Waals surface area contributed by atoms with Crippen molar-refractivity contribution >= 4 is 82.6 Å². The fourth-order valence-electron chi connectivity index (χ4n) is 3.78. The van der Waals surface area contributed by atoms with Crippen molar-refractivity contribution in [1.29, 1.82) is 0 Å². The van der Waals surface area contributed by atoms with Crippen molar-refractivity contribution in [2.24, 2.45) is 0 Å². The fourth-order valence-corrected chi connectivity index (χ4v) is 4.03. The number of thiol groups is 1. The minimum absolute atomic E-state index is 0. The van der Waals surface area contributed by atoms with E-state index in [1.165, 1.54) is 6.07 Å². The fraction of sp³-hybridized carbons (Fsp3) is 0.273. The van der Waals surface area contributed by atoms with Gasteiger partial charge >= 0.3 is 59.1 Å². The van der Waals surface area contributed by atoms with Gasteiger partial charge in [0.15, 0.2) is 11.0 Å². The van der Waals surface area contributed by atoms with E-state index >= 15 is 0 Å². The monoisotopic (exact) mass is 472 g/mol. The molecule has 4 rings (SSSR count). The molecule has 0 bridgehead atoms. The van der Waals surface area contributed by atoms with Crippen LogP contribution in [0.4, 0.5) is 0 Å². The van der Waals surface area contributed by atoms with E-state index in [0.29, 0.717) is 28.5 Å². The zero-order valence-corrected chi connectivity index (χ0v) is 18.2. The van der Waals surface area contributed by atoms with Crippen molar-refractivity contribution in [2.45, 2.75) is 38.4 Å². The molecule has 0 aliphatic carbocycles. The van der Waals surface area contributed by atoms with Crippen LogP contribution in [0.5, 0.6) is 17.2 Å². The molecule has 160 valence electrons. The second-order valence-electron chi connectivity index (χ2n) is 7.38. The van der Waals surface area contributed by atoms with Crippen LogP contribution in [0.15, 0.2) is 41.7 Å². The molecule has 2 heterocycles. The number of aryl methyl sites for hydroxylation is 1. The Balaban J connectivity index is 0.00000181. The molecule has 2 N–H and O–H groups in total. The van der Waals surface area contributed by atoms with Gasteiger partial charge in [0.05, 0.1) is 23.9 Å². The zero-order chi connectivity index (χ0) is 21.6. The number of aromatic nitrogens is 4. The maximum atomic E-state index is 10.5. The Hall–Kier alpha value is -1.13. The van der Waals surface area contributed by atoms with E-state index in [-0.39, 0.29) is 76.7 Å². The van der Waals surface area contributed by atoms with Crippen LogP contribution in [0, 0.1) is 0 Å². The second-order valence-corrected chi connectivity index (χ2v) is 7.78. The van der Waals surface area contributed by atoms with E-state index in [1.54, 1.807) is 17.7 Å². The summed E-state index contributed by atoms with van der Waals surface area (Å²) in [5.74, 6) is 1.19. The number of benzene rings is 2. The molecule has 0 atom stereocenters. The number of hydrogen-bond donors (Lipinski definition) is 3. The number of aromatic hydroxyl groups is 2. The summed E-state index contributed by atoms with van der Waals surface area (Å²) in [6.45, 7) is 6.16. The van der Waals surface area contributed by atoms with Crippen molar-refractivity contribution in [1.82, 2.24) is 19.3 Å². The number of phenolic OH excluding ortho intramolecular Hbond substituents is 2. The van der Waals surface area contributed by atoms with Crippen molar-refractivity contribution in [2.75, 3.05) is 7.11 Å². The molecule has 7 nitrogen and oxygen atoms in total. The number of rotatable bonds is 5. The summed E-state index contributed by atoms with van der Waals surface area (Å²) in [4.78, 5) is 0. The van der Waals surface area contributed by atoms with Gasteiger partial charge in [0.1, 0.15) is 17.2 Å². The van der Waals surface area contributed by atoms with E-state index in [0.717, 1.165) is 22.3 Å². The van der Waals surface area contributed by atoms with Crippen molar-refractivity contribution in [3.05, 3.63) is 42.1 Å². The molecule has 2 aromatic heterocycles.